The fraction of sp³-hybridized carbons (Fsp3) is 0.833. The first kappa shape index (κ1) is 13.7. The van der Waals surface area contributed by atoms with Gasteiger partial charge in [-0.2, -0.15) is 4.37 Å². The molecule has 2 rings (SSSR count). The molecule has 102 valence electrons. The van der Waals surface area contributed by atoms with E-state index in [-0.39, 0.29) is 0 Å². The number of nitrogens with zero attached hydrogens (tertiary/aromatic N) is 4. The second kappa shape index (κ2) is 6.45. The van der Waals surface area contributed by atoms with Gasteiger partial charge in [-0.3, -0.25) is 4.90 Å². The number of piperazine rings is 1. The van der Waals surface area contributed by atoms with Gasteiger partial charge in [0.2, 0.25) is 5.13 Å². The minimum Gasteiger partial charge on any atom is -0.344 e. The van der Waals surface area contributed by atoms with E-state index in [1.807, 2.05) is 0 Å². The van der Waals surface area contributed by atoms with Crippen LogP contribution in [0.4, 0.5) is 5.13 Å². The van der Waals surface area contributed by atoms with Crippen LogP contribution in [0.1, 0.15) is 26.1 Å². The average Bonchev–Trinajstić information content (AvgIpc) is 2.87. The molecule has 1 aliphatic rings. The van der Waals surface area contributed by atoms with E-state index in [2.05, 4.69) is 33.0 Å². The number of hydrogen-bond acceptors (Lipinski definition) is 6. The van der Waals surface area contributed by atoms with E-state index < -0.39 is 0 Å². The number of anilines is 1. The summed E-state index contributed by atoms with van der Waals surface area (Å²) in [6.45, 7) is 9.30. The zero-order valence-electron chi connectivity index (χ0n) is 11.3. The molecule has 1 fully saturated rings. The number of rotatable bonds is 5. The molecular formula is C12H23N5S. The summed E-state index contributed by atoms with van der Waals surface area (Å²) in [5, 5.41) is 1.08. The molecule has 5 nitrogen and oxygen atoms in total. The van der Waals surface area contributed by atoms with Gasteiger partial charge in [-0.1, -0.05) is 6.92 Å². The van der Waals surface area contributed by atoms with Crippen LogP contribution in [0.2, 0.25) is 0 Å². The molecule has 18 heavy (non-hydrogen) atoms. The molecule has 1 atom stereocenters. The lowest BCUT2D eigenvalue weighted by Crippen LogP contribution is -2.51. The minimum atomic E-state index is 0.484. The first-order valence-corrected chi connectivity index (χ1v) is 7.53. The van der Waals surface area contributed by atoms with E-state index in [4.69, 9.17) is 5.73 Å². The maximum atomic E-state index is 5.71. The third kappa shape index (κ3) is 3.18. The lowest BCUT2D eigenvalue weighted by molar-refractivity contribution is 0.201. The summed E-state index contributed by atoms with van der Waals surface area (Å²) in [6, 6.07) is 0.484. The zero-order valence-corrected chi connectivity index (χ0v) is 12.1. The molecular weight excluding hydrogens is 246 g/mol. The van der Waals surface area contributed by atoms with Crippen LogP contribution < -0.4 is 10.6 Å². The normalized spacial score (nSPS) is 19.2. The second-order valence-electron chi connectivity index (χ2n) is 4.85. The number of nitrogens with two attached hydrogens (primary N) is 1. The van der Waals surface area contributed by atoms with Crippen molar-refractivity contribution in [3.63, 3.8) is 0 Å². The van der Waals surface area contributed by atoms with Crippen LogP contribution in [0.25, 0.3) is 0 Å². The van der Waals surface area contributed by atoms with E-state index in [0.717, 1.165) is 56.5 Å². The standard InChI is InChI=1S/C12H23N5S/c1-3-4-11-14-12(18-15-11)17-7-5-16(6-8-17)10(2)9-13/h10H,3-9,13H2,1-2H3. The van der Waals surface area contributed by atoms with Gasteiger partial charge in [0.25, 0.3) is 0 Å². The lowest BCUT2D eigenvalue weighted by atomic mass is 10.2. The van der Waals surface area contributed by atoms with E-state index in [1.54, 1.807) is 0 Å². The minimum absolute atomic E-state index is 0.484. The molecule has 2 heterocycles. The fourth-order valence-electron chi connectivity index (χ4n) is 2.20. The van der Waals surface area contributed by atoms with Crippen LogP contribution in [0, 0.1) is 0 Å². The summed E-state index contributed by atoms with van der Waals surface area (Å²) in [6.07, 6.45) is 2.10. The Balaban J connectivity index is 1.88. The smallest absolute Gasteiger partial charge is 0.205 e. The fourth-order valence-corrected chi connectivity index (χ4v) is 2.96. The molecule has 0 aromatic carbocycles. The van der Waals surface area contributed by atoms with Crippen molar-refractivity contribution in [1.29, 1.82) is 0 Å². The molecule has 0 amide bonds. The third-order valence-corrected chi connectivity index (χ3v) is 4.30. The molecule has 1 aliphatic heterocycles. The van der Waals surface area contributed by atoms with Crippen molar-refractivity contribution in [2.75, 3.05) is 37.6 Å². The van der Waals surface area contributed by atoms with Crippen LogP contribution in [-0.2, 0) is 6.42 Å². The Kier molecular flexibility index (Phi) is 4.91. The van der Waals surface area contributed by atoms with Gasteiger partial charge in [-0.25, -0.2) is 4.98 Å². The van der Waals surface area contributed by atoms with Crippen LogP contribution in [0.3, 0.4) is 0 Å². The van der Waals surface area contributed by atoms with E-state index >= 15 is 0 Å². The zero-order chi connectivity index (χ0) is 13.0. The van der Waals surface area contributed by atoms with Gasteiger partial charge in [-0.15, -0.1) is 0 Å². The summed E-state index contributed by atoms with van der Waals surface area (Å²) >= 11 is 1.53. The Morgan fingerprint density at radius 2 is 2.06 bits per heavy atom. The maximum absolute atomic E-state index is 5.71. The van der Waals surface area contributed by atoms with E-state index in [9.17, 15) is 0 Å². The van der Waals surface area contributed by atoms with Crippen LogP contribution in [0.15, 0.2) is 0 Å². The van der Waals surface area contributed by atoms with Gasteiger partial charge in [0.1, 0.15) is 5.82 Å². The highest BCUT2D eigenvalue weighted by molar-refractivity contribution is 7.09. The predicted molar refractivity (Wildman–Crippen MR) is 76.2 cm³/mol. The van der Waals surface area contributed by atoms with Gasteiger partial charge in [0, 0.05) is 56.7 Å². The van der Waals surface area contributed by atoms with Gasteiger partial charge in [-0.05, 0) is 13.3 Å². The second-order valence-corrected chi connectivity index (χ2v) is 5.58. The van der Waals surface area contributed by atoms with E-state index in [1.165, 1.54) is 11.5 Å². The summed E-state index contributed by atoms with van der Waals surface area (Å²) in [4.78, 5) is 9.40. The van der Waals surface area contributed by atoms with Crippen molar-refractivity contribution < 1.29 is 0 Å². The molecule has 0 aliphatic carbocycles. The summed E-state index contributed by atoms with van der Waals surface area (Å²) in [7, 11) is 0. The Labute approximate surface area is 113 Å². The predicted octanol–water partition coefficient (Wildman–Crippen LogP) is 0.960. The quantitative estimate of drug-likeness (QED) is 0.863. The van der Waals surface area contributed by atoms with Crippen molar-refractivity contribution in [3.05, 3.63) is 5.82 Å². The molecule has 1 unspecified atom stereocenters. The maximum Gasteiger partial charge on any atom is 0.205 e. The largest absolute Gasteiger partial charge is 0.344 e. The monoisotopic (exact) mass is 269 g/mol. The first-order valence-electron chi connectivity index (χ1n) is 6.76. The average molecular weight is 269 g/mol. The van der Waals surface area contributed by atoms with Crippen LogP contribution in [-0.4, -0.2) is 53.0 Å². The van der Waals surface area contributed by atoms with Crippen LogP contribution in [0.5, 0.6) is 0 Å². The van der Waals surface area contributed by atoms with Gasteiger partial charge in [0.15, 0.2) is 0 Å². The van der Waals surface area contributed by atoms with Crippen molar-refractivity contribution in [2.24, 2.45) is 5.73 Å². The van der Waals surface area contributed by atoms with Gasteiger partial charge in [0.05, 0.1) is 0 Å². The highest BCUT2D eigenvalue weighted by Crippen LogP contribution is 2.20. The molecule has 1 saturated heterocycles. The Hall–Kier alpha value is -0.720. The summed E-state index contributed by atoms with van der Waals surface area (Å²) < 4.78 is 4.41. The van der Waals surface area contributed by atoms with Crippen molar-refractivity contribution in [2.45, 2.75) is 32.7 Å². The van der Waals surface area contributed by atoms with Gasteiger partial charge < -0.3 is 10.6 Å². The van der Waals surface area contributed by atoms with Crippen molar-refractivity contribution in [1.82, 2.24) is 14.3 Å². The molecule has 1 aromatic rings. The number of aromatic nitrogens is 2. The molecule has 2 N–H and O–H groups in total. The Morgan fingerprint density at radius 1 is 1.33 bits per heavy atom. The summed E-state index contributed by atoms with van der Waals surface area (Å²) in [5.74, 6) is 0.996. The molecule has 0 spiro atoms. The van der Waals surface area contributed by atoms with Gasteiger partial charge >= 0.3 is 0 Å². The first-order chi connectivity index (χ1) is 8.74. The molecule has 6 heteroatoms. The Morgan fingerprint density at radius 3 is 2.67 bits per heavy atom. The molecule has 0 saturated carbocycles. The molecule has 0 bridgehead atoms. The summed E-state index contributed by atoms with van der Waals surface area (Å²) in [5.41, 5.74) is 5.71. The third-order valence-electron chi connectivity index (χ3n) is 3.48. The topological polar surface area (TPSA) is 58.3 Å². The highest BCUT2D eigenvalue weighted by atomic mass is 32.1. The van der Waals surface area contributed by atoms with Crippen molar-refractivity contribution >= 4 is 16.7 Å². The molecule has 0 radical (unpaired) electrons. The van der Waals surface area contributed by atoms with E-state index in [0.29, 0.717) is 6.04 Å². The van der Waals surface area contributed by atoms with Crippen molar-refractivity contribution in [3.8, 4) is 0 Å². The lowest BCUT2D eigenvalue weighted by Gasteiger charge is -2.37. The number of hydrogen-bond donors (Lipinski definition) is 1. The SMILES string of the molecule is CCCc1nsc(N2CCN(C(C)CN)CC2)n1. The van der Waals surface area contributed by atoms with Crippen LogP contribution >= 0.6 is 11.5 Å². The molecule has 1 aromatic heterocycles. The number of aryl methyl sites for hydroxylation is 1. The highest BCUT2D eigenvalue weighted by Gasteiger charge is 2.22. The Bertz CT molecular complexity index is 359.